The van der Waals surface area contributed by atoms with Crippen molar-refractivity contribution in [1.82, 2.24) is 19.0 Å². The van der Waals surface area contributed by atoms with Crippen LogP contribution in [-0.4, -0.2) is 38.0 Å². The Morgan fingerprint density at radius 1 is 0.933 bits per heavy atom. The molecule has 0 unspecified atom stereocenters. The first-order chi connectivity index (χ1) is 14.7. The third kappa shape index (κ3) is 2.46. The molecule has 0 spiro atoms. The Bertz CT molecular complexity index is 1380. The van der Waals surface area contributed by atoms with Crippen LogP contribution in [0.2, 0.25) is 0 Å². The smallest absolute Gasteiger partial charge is 0.261 e. The van der Waals surface area contributed by atoms with Gasteiger partial charge in [-0.25, -0.2) is 4.98 Å². The molecular weight excluding hydrogens is 376 g/mol. The Morgan fingerprint density at radius 3 is 2.50 bits per heavy atom. The zero-order valence-corrected chi connectivity index (χ0v) is 16.7. The van der Waals surface area contributed by atoms with E-state index in [1.165, 1.54) is 5.56 Å². The zero-order valence-electron chi connectivity index (χ0n) is 16.7. The SMILES string of the molecule is O=C(Cn1c2c(c3ccccc31)CCn1c-2nc2ccccc2c1=O)N1CCCC1. The Balaban J connectivity index is 1.61. The molecule has 0 radical (unpaired) electrons. The maximum absolute atomic E-state index is 13.2. The van der Waals surface area contributed by atoms with Crippen LogP contribution in [0, 0.1) is 0 Å². The number of nitrogens with zero attached hydrogens (tertiary/aromatic N) is 4. The molecule has 1 fully saturated rings. The topological polar surface area (TPSA) is 60.1 Å². The molecule has 2 aliphatic rings. The molecule has 0 aliphatic carbocycles. The van der Waals surface area contributed by atoms with E-state index in [0.29, 0.717) is 23.3 Å². The number of likely N-dealkylation sites (tertiary alicyclic amines) is 1. The number of benzene rings is 2. The van der Waals surface area contributed by atoms with Crippen LogP contribution in [0.15, 0.2) is 53.3 Å². The number of rotatable bonds is 2. The molecule has 4 aromatic rings. The van der Waals surface area contributed by atoms with Gasteiger partial charge in [-0.05, 0) is 43.0 Å². The fourth-order valence-corrected chi connectivity index (χ4v) is 5.03. The molecule has 0 atom stereocenters. The van der Waals surface area contributed by atoms with E-state index in [2.05, 4.69) is 16.7 Å². The van der Waals surface area contributed by atoms with Gasteiger partial charge >= 0.3 is 0 Å². The van der Waals surface area contributed by atoms with Crippen molar-refractivity contribution in [1.29, 1.82) is 0 Å². The quantitative estimate of drug-likeness (QED) is 0.521. The first kappa shape index (κ1) is 17.4. The fourth-order valence-electron chi connectivity index (χ4n) is 5.03. The molecule has 30 heavy (non-hydrogen) atoms. The Kier molecular flexibility index (Phi) is 3.81. The summed E-state index contributed by atoms with van der Waals surface area (Å²) >= 11 is 0. The molecule has 6 rings (SSSR count). The molecule has 2 aliphatic heterocycles. The summed E-state index contributed by atoms with van der Waals surface area (Å²) in [7, 11) is 0. The van der Waals surface area contributed by atoms with Gasteiger partial charge in [0.05, 0.1) is 16.6 Å². The fraction of sp³-hybridized carbons (Fsp3) is 0.292. The second-order valence-electron chi connectivity index (χ2n) is 8.18. The van der Waals surface area contributed by atoms with Gasteiger partial charge in [0.15, 0.2) is 5.82 Å². The summed E-state index contributed by atoms with van der Waals surface area (Å²) in [6, 6.07) is 15.7. The number of carbonyl (C=O) groups excluding carboxylic acids is 1. The molecular formula is C24H22N4O2. The number of hydrogen-bond acceptors (Lipinski definition) is 3. The monoisotopic (exact) mass is 398 g/mol. The molecule has 4 heterocycles. The van der Waals surface area contributed by atoms with Gasteiger partial charge in [-0.15, -0.1) is 0 Å². The number of para-hydroxylation sites is 2. The average molecular weight is 398 g/mol. The summed E-state index contributed by atoms with van der Waals surface area (Å²) < 4.78 is 3.86. The zero-order chi connectivity index (χ0) is 20.2. The van der Waals surface area contributed by atoms with Crippen molar-refractivity contribution < 1.29 is 4.79 Å². The minimum atomic E-state index is -0.0103. The minimum absolute atomic E-state index is 0.0103. The van der Waals surface area contributed by atoms with Crippen LogP contribution in [0.5, 0.6) is 0 Å². The van der Waals surface area contributed by atoms with E-state index in [-0.39, 0.29) is 18.0 Å². The molecule has 1 amide bonds. The molecule has 1 saturated heterocycles. The lowest BCUT2D eigenvalue weighted by Crippen LogP contribution is -2.32. The van der Waals surface area contributed by atoms with E-state index in [0.717, 1.165) is 48.9 Å². The Hall–Kier alpha value is -3.41. The summed E-state index contributed by atoms with van der Waals surface area (Å²) in [6.45, 7) is 2.55. The van der Waals surface area contributed by atoms with Gasteiger partial charge in [0.2, 0.25) is 5.91 Å². The second-order valence-corrected chi connectivity index (χ2v) is 8.18. The van der Waals surface area contributed by atoms with Crippen molar-refractivity contribution in [3.05, 3.63) is 64.4 Å². The largest absolute Gasteiger partial charge is 0.341 e. The van der Waals surface area contributed by atoms with Crippen LogP contribution in [0.3, 0.4) is 0 Å². The van der Waals surface area contributed by atoms with Gasteiger partial charge in [0.25, 0.3) is 5.56 Å². The summed E-state index contributed by atoms with van der Waals surface area (Å²) in [5.41, 5.74) is 3.82. The summed E-state index contributed by atoms with van der Waals surface area (Å²) in [4.78, 5) is 33.1. The van der Waals surface area contributed by atoms with E-state index in [4.69, 9.17) is 4.98 Å². The molecule has 2 aromatic carbocycles. The van der Waals surface area contributed by atoms with Crippen molar-refractivity contribution >= 4 is 27.7 Å². The van der Waals surface area contributed by atoms with Gasteiger partial charge in [-0.1, -0.05) is 30.3 Å². The van der Waals surface area contributed by atoms with E-state index >= 15 is 0 Å². The van der Waals surface area contributed by atoms with Crippen LogP contribution in [0.25, 0.3) is 33.3 Å². The average Bonchev–Trinajstić information content (AvgIpc) is 3.42. The predicted molar refractivity (Wildman–Crippen MR) is 116 cm³/mol. The van der Waals surface area contributed by atoms with Gasteiger partial charge in [-0.3, -0.25) is 14.2 Å². The van der Waals surface area contributed by atoms with Crippen LogP contribution in [0.4, 0.5) is 0 Å². The standard InChI is InChI=1S/C24H22N4O2/c29-21(26-12-5-6-13-26)15-28-20-10-4-2-7-16(20)17-11-14-27-23(22(17)28)25-19-9-3-1-8-18(19)24(27)30/h1-4,7-10H,5-6,11-15H2. The van der Waals surface area contributed by atoms with Crippen molar-refractivity contribution in [2.75, 3.05) is 13.1 Å². The van der Waals surface area contributed by atoms with Gasteiger partial charge in [0.1, 0.15) is 6.54 Å². The molecule has 150 valence electrons. The first-order valence-corrected chi connectivity index (χ1v) is 10.6. The third-order valence-corrected chi connectivity index (χ3v) is 6.49. The lowest BCUT2D eigenvalue weighted by Gasteiger charge is -2.22. The normalized spacial score (nSPS) is 15.5. The van der Waals surface area contributed by atoms with Gasteiger partial charge in [-0.2, -0.15) is 0 Å². The van der Waals surface area contributed by atoms with E-state index in [9.17, 15) is 9.59 Å². The van der Waals surface area contributed by atoms with E-state index in [1.807, 2.05) is 41.3 Å². The highest BCUT2D eigenvalue weighted by atomic mass is 16.2. The van der Waals surface area contributed by atoms with Crippen molar-refractivity contribution in [2.24, 2.45) is 0 Å². The summed E-state index contributed by atoms with van der Waals surface area (Å²) in [5, 5.41) is 1.79. The minimum Gasteiger partial charge on any atom is -0.341 e. The van der Waals surface area contributed by atoms with Crippen LogP contribution < -0.4 is 5.56 Å². The van der Waals surface area contributed by atoms with Crippen molar-refractivity contribution in [3.63, 3.8) is 0 Å². The molecule has 0 bridgehead atoms. The number of hydrogen-bond donors (Lipinski definition) is 0. The molecule has 6 heteroatoms. The highest BCUT2D eigenvalue weighted by Crippen LogP contribution is 2.36. The number of fused-ring (bicyclic) bond motifs is 6. The third-order valence-electron chi connectivity index (χ3n) is 6.49. The summed E-state index contributed by atoms with van der Waals surface area (Å²) in [5.74, 6) is 0.807. The lowest BCUT2D eigenvalue weighted by atomic mass is 10.0. The number of amides is 1. The highest BCUT2D eigenvalue weighted by molar-refractivity contribution is 5.93. The first-order valence-electron chi connectivity index (χ1n) is 10.6. The maximum atomic E-state index is 13.2. The highest BCUT2D eigenvalue weighted by Gasteiger charge is 2.29. The van der Waals surface area contributed by atoms with E-state index in [1.54, 1.807) is 4.57 Å². The van der Waals surface area contributed by atoms with Crippen molar-refractivity contribution in [3.8, 4) is 11.5 Å². The van der Waals surface area contributed by atoms with Crippen LogP contribution in [-0.2, 0) is 24.3 Å². The molecule has 6 nitrogen and oxygen atoms in total. The Labute approximate surface area is 173 Å². The number of aryl methyl sites for hydroxylation is 1. The lowest BCUT2D eigenvalue weighted by molar-refractivity contribution is -0.130. The predicted octanol–water partition coefficient (Wildman–Crippen LogP) is 3.20. The van der Waals surface area contributed by atoms with E-state index < -0.39 is 0 Å². The van der Waals surface area contributed by atoms with Gasteiger partial charge in [0, 0.05) is 30.5 Å². The van der Waals surface area contributed by atoms with Crippen LogP contribution >= 0.6 is 0 Å². The van der Waals surface area contributed by atoms with Crippen molar-refractivity contribution in [2.45, 2.75) is 32.4 Å². The molecule has 2 aromatic heterocycles. The number of aromatic nitrogens is 3. The number of carbonyl (C=O) groups is 1. The van der Waals surface area contributed by atoms with Crippen LogP contribution in [0.1, 0.15) is 18.4 Å². The summed E-state index contributed by atoms with van der Waals surface area (Å²) in [6.07, 6.45) is 2.90. The molecule has 0 saturated carbocycles. The maximum Gasteiger partial charge on any atom is 0.261 e. The molecule has 0 N–H and O–H groups in total. The Morgan fingerprint density at radius 2 is 1.67 bits per heavy atom. The van der Waals surface area contributed by atoms with Gasteiger partial charge < -0.3 is 9.47 Å². The second kappa shape index (κ2) is 6.55.